The van der Waals surface area contributed by atoms with Crippen LogP contribution >= 0.6 is 0 Å². The summed E-state index contributed by atoms with van der Waals surface area (Å²) in [6, 6.07) is 11.9. The molecular formula is C30H43N5O7S. The van der Waals surface area contributed by atoms with Crippen LogP contribution in [0.3, 0.4) is 0 Å². The third kappa shape index (κ3) is 12.1. The second-order valence-corrected chi connectivity index (χ2v) is 12.1. The van der Waals surface area contributed by atoms with E-state index < -0.39 is 65.1 Å². The highest BCUT2D eigenvalue weighted by molar-refractivity contribution is 7.84. The van der Waals surface area contributed by atoms with Crippen LogP contribution in [0.1, 0.15) is 31.4 Å². The number of phenolic OH excluding ortho intramolecular Hbond substituents is 1. The Labute approximate surface area is 254 Å². The first-order valence-electron chi connectivity index (χ1n) is 14.1. The van der Waals surface area contributed by atoms with Crippen LogP contribution in [0.5, 0.6) is 5.75 Å². The van der Waals surface area contributed by atoms with Gasteiger partial charge in [-0.3, -0.25) is 23.4 Å². The minimum absolute atomic E-state index is 0.0924. The summed E-state index contributed by atoms with van der Waals surface area (Å²) in [4.78, 5) is 52.8. The molecule has 5 atom stereocenters. The van der Waals surface area contributed by atoms with Crippen molar-refractivity contribution in [1.29, 1.82) is 0 Å². The number of likely N-dealkylation sites (N-methyl/N-ethyl adjacent to an activating group) is 1. The van der Waals surface area contributed by atoms with Crippen molar-refractivity contribution >= 4 is 34.4 Å². The summed E-state index contributed by atoms with van der Waals surface area (Å²) in [5.74, 6) is -1.31. The van der Waals surface area contributed by atoms with Crippen LogP contribution < -0.4 is 21.7 Å². The predicted molar refractivity (Wildman–Crippen MR) is 164 cm³/mol. The molecule has 0 aliphatic heterocycles. The van der Waals surface area contributed by atoms with Crippen molar-refractivity contribution in [3.8, 4) is 5.75 Å². The number of carbonyl (C=O) groups excluding carboxylic acids is 4. The van der Waals surface area contributed by atoms with E-state index in [1.165, 1.54) is 31.0 Å². The Kier molecular flexibility index (Phi) is 14.8. The number of carbonyl (C=O) groups is 4. The molecule has 0 bridgehead atoms. The number of aliphatic hydroxyl groups excluding tert-OH is 1. The summed E-state index contributed by atoms with van der Waals surface area (Å²) >= 11 is 0. The Hall–Kier alpha value is -3.81. The first kappa shape index (κ1) is 35.4. The van der Waals surface area contributed by atoms with Gasteiger partial charge in [-0.05, 0) is 43.0 Å². The molecule has 7 N–H and O–H groups in total. The van der Waals surface area contributed by atoms with Gasteiger partial charge in [0.05, 0.1) is 25.2 Å². The normalized spacial score (nSPS) is 14.4. The molecular weight excluding hydrogens is 574 g/mol. The lowest BCUT2D eigenvalue weighted by Gasteiger charge is -2.29. The first-order valence-corrected chi connectivity index (χ1v) is 15.6. The van der Waals surface area contributed by atoms with Gasteiger partial charge < -0.3 is 36.8 Å². The lowest BCUT2D eigenvalue weighted by Crippen LogP contribution is -2.55. The number of phenols is 1. The summed E-state index contributed by atoms with van der Waals surface area (Å²) in [5.41, 5.74) is 7.51. The number of aromatic hydroxyl groups is 1. The molecule has 12 nitrogen and oxygen atoms in total. The topological polar surface area (TPSA) is 191 Å². The molecule has 0 aliphatic carbocycles. The third-order valence-electron chi connectivity index (χ3n) is 6.91. The summed E-state index contributed by atoms with van der Waals surface area (Å²) < 4.78 is 11.8. The van der Waals surface area contributed by atoms with Gasteiger partial charge in [0.1, 0.15) is 17.8 Å². The van der Waals surface area contributed by atoms with E-state index >= 15 is 0 Å². The van der Waals surface area contributed by atoms with E-state index in [-0.39, 0.29) is 25.2 Å². The summed E-state index contributed by atoms with van der Waals surface area (Å²) in [6.07, 6.45) is 0.701. The highest BCUT2D eigenvalue weighted by Crippen LogP contribution is 2.12. The van der Waals surface area contributed by atoms with E-state index in [1.807, 2.05) is 30.3 Å². The van der Waals surface area contributed by atoms with Gasteiger partial charge in [0.25, 0.3) is 0 Å². The first-order chi connectivity index (χ1) is 20.4. The lowest BCUT2D eigenvalue weighted by atomic mass is 10.0. The average molecular weight is 618 g/mol. The van der Waals surface area contributed by atoms with Gasteiger partial charge in [0, 0.05) is 35.8 Å². The molecule has 2 aromatic carbocycles. The van der Waals surface area contributed by atoms with Gasteiger partial charge in [-0.25, -0.2) is 0 Å². The van der Waals surface area contributed by atoms with Crippen LogP contribution in [0.2, 0.25) is 0 Å². The maximum absolute atomic E-state index is 13.3. The zero-order valence-electron chi connectivity index (χ0n) is 24.8. The molecule has 4 amide bonds. The molecule has 5 unspecified atom stereocenters. The Balaban J connectivity index is 1.98. The Morgan fingerprint density at radius 3 is 2.16 bits per heavy atom. The maximum atomic E-state index is 13.3. The summed E-state index contributed by atoms with van der Waals surface area (Å²) in [5, 5.41) is 26.9. The van der Waals surface area contributed by atoms with Gasteiger partial charge in [0.15, 0.2) is 0 Å². The van der Waals surface area contributed by atoms with Crippen molar-refractivity contribution < 1.29 is 33.6 Å². The molecule has 43 heavy (non-hydrogen) atoms. The summed E-state index contributed by atoms with van der Waals surface area (Å²) in [6.45, 7) is 2.48. The minimum atomic E-state index is -1.06. The van der Waals surface area contributed by atoms with Crippen molar-refractivity contribution in [2.24, 2.45) is 5.73 Å². The fourth-order valence-electron chi connectivity index (χ4n) is 4.15. The van der Waals surface area contributed by atoms with Crippen molar-refractivity contribution in [1.82, 2.24) is 20.9 Å². The molecule has 0 aliphatic rings. The van der Waals surface area contributed by atoms with Crippen LogP contribution in [0, 0.1) is 0 Å². The van der Waals surface area contributed by atoms with Crippen LogP contribution in [0.15, 0.2) is 54.6 Å². The molecule has 0 aromatic heterocycles. The second kappa shape index (κ2) is 18.0. The predicted octanol–water partition coefficient (Wildman–Crippen LogP) is -0.412. The van der Waals surface area contributed by atoms with E-state index in [1.54, 1.807) is 19.1 Å². The molecule has 0 saturated carbocycles. The zero-order chi connectivity index (χ0) is 31.9. The fourth-order valence-corrected chi connectivity index (χ4v) is 4.98. The molecule has 2 rings (SSSR count). The molecule has 0 fully saturated rings. The van der Waals surface area contributed by atoms with Gasteiger partial charge >= 0.3 is 0 Å². The molecule has 13 heteroatoms. The van der Waals surface area contributed by atoms with Crippen LogP contribution in [-0.4, -0.2) is 98.8 Å². The van der Waals surface area contributed by atoms with Gasteiger partial charge in [-0.2, -0.15) is 0 Å². The van der Waals surface area contributed by atoms with Crippen LogP contribution in [-0.2, 0) is 42.8 Å². The van der Waals surface area contributed by atoms with E-state index in [0.29, 0.717) is 17.9 Å². The lowest BCUT2D eigenvalue weighted by molar-refractivity contribution is -0.139. The van der Waals surface area contributed by atoms with E-state index in [9.17, 15) is 33.6 Å². The number of hydrogen-bond donors (Lipinski definition) is 6. The fraction of sp³-hybridized carbons (Fsp3) is 0.467. The second-order valence-electron chi connectivity index (χ2n) is 10.2. The summed E-state index contributed by atoms with van der Waals surface area (Å²) in [7, 11) is 0.394. The highest BCUT2D eigenvalue weighted by atomic mass is 32.2. The van der Waals surface area contributed by atoms with Crippen molar-refractivity contribution in [2.45, 2.75) is 57.3 Å². The number of nitrogens with zero attached hydrogens (tertiary/aromatic N) is 1. The quantitative estimate of drug-likeness (QED) is 0.138. The molecule has 2 aromatic rings. The Bertz CT molecular complexity index is 1230. The largest absolute Gasteiger partial charge is 0.508 e. The third-order valence-corrected chi connectivity index (χ3v) is 8.25. The average Bonchev–Trinajstić information content (AvgIpc) is 3.01. The molecule has 0 spiro atoms. The van der Waals surface area contributed by atoms with Gasteiger partial charge in [-0.1, -0.05) is 49.4 Å². The van der Waals surface area contributed by atoms with Crippen molar-refractivity contribution in [3.05, 3.63) is 65.7 Å². The number of nitrogens with one attached hydrogen (secondary N) is 3. The van der Waals surface area contributed by atoms with Crippen molar-refractivity contribution in [2.75, 3.05) is 31.7 Å². The monoisotopic (exact) mass is 617 g/mol. The highest BCUT2D eigenvalue weighted by Gasteiger charge is 2.29. The smallest absolute Gasteiger partial charge is 0.243 e. The number of rotatable bonds is 17. The number of benzene rings is 2. The number of amides is 4. The molecule has 236 valence electrons. The van der Waals surface area contributed by atoms with E-state index in [0.717, 1.165) is 11.1 Å². The van der Waals surface area contributed by atoms with E-state index in [4.69, 9.17) is 5.73 Å². The SMILES string of the molecule is CCS(=O)CCC(CO)NC(=O)C(Cc1ccccc1)N(C)C(=O)CNC(=O)C(C)NC(=O)C(N)Cc1ccc(O)cc1. The molecule has 0 heterocycles. The standard InChI is InChI=1S/C30H43N5O7S/c1-4-43(42)15-14-23(19-36)34-30(41)26(17-21-8-6-5-7-9-21)35(3)27(38)18-32-28(39)20(2)33-29(40)25(31)16-22-10-12-24(37)13-11-22/h5-13,20,23,25-26,36-37H,4,14-19,31H2,1-3H3,(H,32,39)(H,33,40)(H,34,41). The van der Waals surface area contributed by atoms with Crippen LogP contribution in [0.25, 0.3) is 0 Å². The van der Waals surface area contributed by atoms with Crippen molar-refractivity contribution in [3.63, 3.8) is 0 Å². The number of hydrogen-bond acceptors (Lipinski definition) is 8. The zero-order valence-corrected chi connectivity index (χ0v) is 25.6. The Morgan fingerprint density at radius 2 is 1.56 bits per heavy atom. The number of aliphatic hydroxyl groups is 1. The van der Waals surface area contributed by atoms with Gasteiger partial charge in [0.2, 0.25) is 23.6 Å². The van der Waals surface area contributed by atoms with E-state index in [2.05, 4.69) is 16.0 Å². The minimum Gasteiger partial charge on any atom is -0.508 e. The van der Waals surface area contributed by atoms with Gasteiger partial charge in [-0.15, -0.1) is 0 Å². The molecule has 0 saturated heterocycles. The Morgan fingerprint density at radius 1 is 0.930 bits per heavy atom. The number of nitrogens with two attached hydrogens (primary N) is 1. The molecule has 0 radical (unpaired) electrons. The van der Waals surface area contributed by atoms with Crippen LogP contribution in [0.4, 0.5) is 0 Å². The maximum Gasteiger partial charge on any atom is 0.243 e.